The molecule has 0 unspecified atom stereocenters. The van der Waals surface area contributed by atoms with Gasteiger partial charge in [-0.15, -0.1) is 0 Å². The molecule has 0 saturated heterocycles. The molecule has 0 aliphatic heterocycles. The maximum absolute atomic E-state index is 11.7. The molecule has 0 aliphatic carbocycles. The number of esters is 1. The van der Waals surface area contributed by atoms with Crippen molar-refractivity contribution < 1.29 is 14.3 Å². The molecule has 6 heteroatoms. The van der Waals surface area contributed by atoms with Crippen LogP contribution in [-0.2, 0) is 11.3 Å². The Bertz CT molecular complexity index is 624. The molecule has 1 amide bonds. The van der Waals surface area contributed by atoms with Crippen molar-refractivity contribution in [3.63, 3.8) is 0 Å². The Balaban J connectivity index is 1.96. The SMILES string of the molecule is NC(=O)c1ccc(COC(=O)c2ccc(Cl)nc2)cc1. The number of primary amides is 1. The molecular weight excluding hydrogens is 280 g/mol. The number of pyridine rings is 1. The number of hydrogen-bond acceptors (Lipinski definition) is 4. The van der Waals surface area contributed by atoms with Crippen LogP contribution in [0, 0.1) is 0 Å². The Morgan fingerprint density at radius 3 is 2.30 bits per heavy atom. The molecule has 2 aromatic rings. The number of halogens is 1. The highest BCUT2D eigenvalue weighted by atomic mass is 35.5. The Labute approximate surface area is 120 Å². The largest absolute Gasteiger partial charge is 0.457 e. The summed E-state index contributed by atoms with van der Waals surface area (Å²) in [5.41, 5.74) is 6.61. The van der Waals surface area contributed by atoms with E-state index in [1.54, 1.807) is 24.3 Å². The minimum absolute atomic E-state index is 0.0977. The minimum Gasteiger partial charge on any atom is -0.457 e. The van der Waals surface area contributed by atoms with Crippen LogP contribution in [-0.4, -0.2) is 16.9 Å². The first-order valence-corrected chi connectivity index (χ1v) is 6.11. The lowest BCUT2D eigenvalue weighted by Crippen LogP contribution is -2.11. The van der Waals surface area contributed by atoms with E-state index in [9.17, 15) is 9.59 Å². The minimum atomic E-state index is -0.499. The molecule has 2 rings (SSSR count). The van der Waals surface area contributed by atoms with E-state index in [1.165, 1.54) is 18.3 Å². The van der Waals surface area contributed by atoms with Crippen LogP contribution < -0.4 is 5.73 Å². The summed E-state index contributed by atoms with van der Waals surface area (Å²) in [7, 11) is 0. The number of carbonyl (C=O) groups excluding carboxylic acids is 2. The maximum Gasteiger partial charge on any atom is 0.340 e. The van der Waals surface area contributed by atoms with Gasteiger partial charge < -0.3 is 10.5 Å². The number of nitrogens with two attached hydrogens (primary N) is 1. The van der Waals surface area contributed by atoms with Gasteiger partial charge in [-0.3, -0.25) is 4.79 Å². The number of hydrogen-bond donors (Lipinski definition) is 1. The van der Waals surface area contributed by atoms with Gasteiger partial charge in [0.25, 0.3) is 0 Å². The molecular formula is C14H11ClN2O3. The first-order chi connectivity index (χ1) is 9.56. The van der Waals surface area contributed by atoms with Gasteiger partial charge in [0.05, 0.1) is 5.56 Å². The fourth-order valence-electron chi connectivity index (χ4n) is 1.49. The van der Waals surface area contributed by atoms with Crippen LogP contribution in [0.1, 0.15) is 26.3 Å². The molecule has 5 nitrogen and oxygen atoms in total. The van der Waals surface area contributed by atoms with E-state index >= 15 is 0 Å². The second-order valence-corrected chi connectivity index (χ2v) is 4.39. The zero-order valence-electron chi connectivity index (χ0n) is 10.4. The lowest BCUT2D eigenvalue weighted by molar-refractivity contribution is 0.0472. The highest BCUT2D eigenvalue weighted by Crippen LogP contribution is 2.09. The molecule has 0 saturated carbocycles. The number of nitrogens with zero attached hydrogens (tertiary/aromatic N) is 1. The molecule has 0 bridgehead atoms. The van der Waals surface area contributed by atoms with Gasteiger partial charge in [-0.2, -0.15) is 0 Å². The van der Waals surface area contributed by atoms with Gasteiger partial charge in [0, 0.05) is 11.8 Å². The zero-order chi connectivity index (χ0) is 14.5. The topological polar surface area (TPSA) is 82.3 Å². The van der Waals surface area contributed by atoms with Gasteiger partial charge in [-0.1, -0.05) is 23.7 Å². The van der Waals surface area contributed by atoms with E-state index in [1.807, 2.05) is 0 Å². The number of rotatable bonds is 4. The van der Waals surface area contributed by atoms with Crippen LogP contribution >= 0.6 is 11.6 Å². The normalized spacial score (nSPS) is 10.1. The molecule has 0 aliphatic rings. The lowest BCUT2D eigenvalue weighted by Gasteiger charge is -2.05. The van der Waals surface area contributed by atoms with Gasteiger partial charge >= 0.3 is 5.97 Å². The zero-order valence-corrected chi connectivity index (χ0v) is 11.1. The molecule has 1 aromatic heterocycles. The molecule has 1 heterocycles. The van der Waals surface area contributed by atoms with Crippen LogP contribution in [0.3, 0.4) is 0 Å². The maximum atomic E-state index is 11.7. The van der Waals surface area contributed by atoms with Gasteiger partial charge in [0.15, 0.2) is 0 Å². The summed E-state index contributed by atoms with van der Waals surface area (Å²) in [4.78, 5) is 26.4. The second kappa shape index (κ2) is 6.16. The van der Waals surface area contributed by atoms with Crippen molar-refractivity contribution in [1.29, 1.82) is 0 Å². The van der Waals surface area contributed by atoms with Crippen molar-refractivity contribution in [3.8, 4) is 0 Å². The Morgan fingerprint density at radius 2 is 1.75 bits per heavy atom. The van der Waals surface area contributed by atoms with Crippen molar-refractivity contribution in [2.45, 2.75) is 6.61 Å². The summed E-state index contributed by atoms with van der Waals surface area (Å²) < 4.78 is 5.12. The molecule has 0 atom stereocenters. The lowest BCUT2D eigenvalue weighted by atomic mass is 10.1. The van der Waals surface area contributed by atoms with Crippen molar-refractivity contribution in [2.24, 2.45) is 5.73 Å². The van der Waals surface area contributed by atoms with Gasteiger partial charge in [-0.25, -0.2) is 9.78 Å². The van der Waals surface area contributed by atoms with Gasteiger partial charge in [-0.05, 0) is 29.8 Å². The summed E-state index contributed by atoms with van der Waals surface area (Å²) in [6.07, 6.45) is 1.35. The summed E-state index contributed by atoms with van der Waals surface area (Å²) >= 11 is 5.63. The van der Waals surface area contributed by atoms with Crippen LogP contribution in [0.25, 0.3) is 0 Å². The Kier molecular flexibility index (Phi) is 4.32. The van der Waals surface area contributed by atoms with E-state index in [2.05, 4.69) is 4.98 Å². The van der Waals surface area contributed by atoms with E-state index in [-0.39, 0.29) is 6.61 Å². The molecule has 1 aromatic carbocycles. The standard InChI is InChI=1S/C14H11ClN2O3/c15-12-6-5-11(7-17-12)14(19)20-8-9-1-3-10(4-2-9)13(16)18/h1-7H,8H2,(H2,16,18). The molecule has 2 N–H and O–H groups in total. The van der Waals surface area contributed by atoms with E-state index in [4.69, 9.17) is 22.1 Å². The van der Waals surface area contributed by atoms with Crippen LogP contribution in [0.2, 0.25) is 5.15 Å². The molecule has 102 valence electrons. The fraction of sp³-hybridized carbons (Fsp3) is 0.0714. The van der Waals surface area contributed by atoms with Crippen molar-refractivity contribution in [2.75, 3.05) is 0 Å². The van der Waals surface area contributed by atoms with E-state index < -0.39 is 11.9 Å². The molecule has 20 heavy (non-hydrogen) atoms. The van der Waals surface area contributed by atoms with Crippen LogP contribution in [0.4, 0.5) is 0 Å². The quantitative estimate of drug-likeness (QED) is 0.691. The Morgan fingerprint density at radius 1 is 1.10 bits per heavy atom. The smallest absolute Gasteiger partial charge is 0.340 e. The average Bonchev–Trinajstić information content (AvgIpc) is 2.46. The molecule has 0 radical (unpaired) electrons. The average molecular weight is 291 g/mol. The third-order valence-electron chi connectivity index (χ3n) is 2.57. The summed E-state index contributed by atoms with van der Waals surface area (Å²) in [5, 5.41) is 0.309. The van der Waals surface area contributed by atoms with Gasteiger partial charge in [0.1, 0.15) is 11.8 Å². The van der Waals surface area contributed by atoms with Crippen molar-refractivity contribution in [3.05, 3.63) is 64.4 Å². The predicted octanol–water partition coefficient (Wildman–Crippen LogP) is 2.19. The summed E-state index contributed by atoms with van der Waals surface area (Å²) in [5.74, 6) is -0.992. The highest BCUT2D eigenvalue weighted by molar-refractivity contribution is 6.29. The van der Waals surface area contributed by atoms with Gasteiger partial charge in [0.2, 0.25) is 5.91 Å². The number of carbonyl (C=O) groups is 2. The monoisotopic (exact) mass is 290 g/mol. The van der Waals surface area contributed by atoms with E-state index in [0.29, 0.717) is 16.3 Å². The number of amides is 1. The third-order valence-corrected chi connectivity index (χ3v) is 2.80. The van der Waals surface area contributed by atoms with Crippen LogP contribution in [0.5, 0.6) is 0 Å². The molecule has 0 spiro atoms. The summed E-state index contributed by atoms with van der Waals surface area (Å²) in [6, 6.07) is 9.55. The first kappa shape index (κ1) is 14.0. The highest BCUT2D eigenvalue weighted by Gasteiger charge is 2.08. The second-order valence-electron chi connectivity index (χ2n) is 4.01. The summed E-state index contributed by atoms with van der Waals surface area (Å²) in [6.45, 7) is 0.0977. The van der Waals surface area contributed by atoms with E-state index in [0.717, 1.165) is 5.56 Å². The van der Waals surface area contributed by atoms with Crippen LogP contribution in [0.15, 0.2) is 42.6 Å². The van der Waals surface area contributed by atoms with Crippen molar-refractivity contribution >= 4 is 23.5 Å². The van der Waals surface area contributed by atoms with Crippen molar-refractivity contribution in [1.82, 2.24) is 4.98 Å². The fourth-order valence-corrected chi connectivity index (χ4v) is 1.61. The predicted molar refractivity (Wildman–Crippen MR) is 73.3 cm³/mol. The third kappa shape index (κ3) is 3.55. The Hall–Kier alpha value is -2.40. The number of aromatic nitrogens is 1. The molecule has 0 fully saturated rings. The number of ether oxygens (including phenoxy) is 1. The first-order valence-electron chi connectivity index (χ1n) is 5.73. The number of benzene rings is 1.